The number of esters is 1. The number of benzene rings is 1. The van der Waals surface area contributed by atoms with Gasteiger partial charge in [0.1, 0.15) is 12.1 Å². The SMILES string of the molecule is CCOC(=O)C1(Cc2cccc(Cl)c2)CCCN(C(=O)C2CC(C(F)(F)F)NN2)C1. The Morgan fingerprint density at radius 2 is 2.10 bits per heavy atom. The van der Waals surface area contributed by atoms with Crippen molar-refractivity contribution in [3.63, 3.8) is 0 Å². The van der Waals surface area contributed by atoms with E-state index in [4.69, 9.17) is 16.3 Å². The maximum Gasteiger partial charge on any atom is 0.405 e. The maximum absolute atomic E-state index is 12.9. The fourth-order valence-corrected chi connectivity index (χ4v) is 4.39. The molecule has 3 unspecified atom stereocenters. The molecule has 0 spiro atoms. The van der Waals surface area contributed by atoms with Crippen LogP contribution in [0, 0.1) is 5.41 Å². The number of halogens is 4. The van der Waals surface area contributed by atoms with Crippen LogP contribution in [0.2, 0.25) is 5.02 Å². The normalized spacial score (nSPS) is 27.2. The van der Waals surface area contributed by atoms with E-state index in [1.807, 2.05) is 6.07 Å². The van der Waals surface area contributed by atoms with Crippen molar-refractivity contribution in [2.24, 2.45) is 5.41 Å². The first-order valence-corrected chi connectivity index (χ1v) is 10.3. The molecule has 3 atom stereocenters. The van der Waals surface area contributed by atoms with Gasteiger partial charge in [-0.2, -0.15) is 13.2 Å². The highest BCUT2D eigenvalue weighted by Gasteiger charge is 2.49. The molecule has 0 saturated carbocycles. The zero-order valence-electron chi connectivity index (χ0n) is 16.6. The van der Waals surface area contributed by atoms with E-state index in [1.54, 1.807) is 25.1 Å². The van der Waals surface area contributed by atoms with E-state index < -0.39 is 35.6 Å². The van der Waals surface area contributed by atoms with Crippen LogP contribution in [0.25, 0.3) is 0 Å². The minimum absolute atomic E-state index is 0.0893. The Hall–Kier alpha value is -1.84. The summed E-state index contributed by atoms with van der Waals surface area (Å²) in [6.07, 6.45) is -3.43. The van der Waals surface area contributed by atoms with Crippen molar-refractivity contribution < 1.29 is 27.5 Å². The van der Waals surface area contributed by atoms with Gasteiger partial charge in [0.25, 0.3) is 0 Å². The zero-order chi connectivity index (χ0) is 21.9. The quantitative estimate of drug-likeness (QED) is 0.679. The number of piperidine rings is 1. The molecule has 2 fully saturated rings. The van der Waals surface area contributed by atoms with Crippen molar-refractivity contribution in [3.8, 4) is 0 Å². The Kier molecular flexibility index (Phi) is 6.94. The summed E-state index contributed by atoms with van der Waals surface area (Å²) in [6, 6.07) is 4.35. The van der Waals surface area contributed by atoms with Crippen LogP contribution in [0.5, 0.6) is 0 Å². The summed E-state index contributed by atoms with van der Waals surface area (Å²) in [5.74, 6) is -0.859. The third kappa shape index (κ3) is 5.07. The summed E-state index contributed by atoms with van der Waals surface area (Å²) in [5.41, 5.74) is 4.47. The Morgan fingerprint density at radius 1 is 1.33 bits per heavy atom. The van der Waals surface area contributed by atoms with E-state index in [0.29, 0.717) is 30.8 Å². The molecule has 0 aromatic heterocycles. The number of rotatable bonds is 5. The van der Waals surface area contributed by atoms with E-state index in [2.05, 4.69) is 10.9 Å². The molecule has 166 valence electrons. The van der Waals surface area contributed by atoms with Gasteiger partial charge < -0.3 is 9.64 Å². The zero-order valence-corrected chi connectivity index (χ0v) is 17.4. The van der Waals surface area contributed by atoms with Gasteiger partial charge in [-0.1, -0.05) is 23.7 Å². The lowest BCUT2D eigenvalue weighted by Crippen LogP contribution is -2.55. The van der Waals surface area contributed by atoms with E-state index in [9.17, 15) is 22.8 Å². The molecule has 2 aliphatic rings. The predicted octanol–water partition coefficient (Wildman–Crippen LogP) is 2.85. The fraction of sp³-hybridized carbons (Fsp3) is 0.600. The number of carbonyl (C=O) groups is 2. The lowest BCUT2D eigenvalue weighted by Gasteiger charge is -2.41. The molecule has 1 amide bonds. The largest absolute Gasteiger partial charge is 0.466 e. The van der Waals surface area contributed by atoms with Crippen molar-refractivity contribution in [1.29, 1.82) is 0 Å². The molecule has 0 bridgehead atoms. The number of hydrazine groups is 1. The first kappa shape index (κ1) is 22.8. The molecule has 1 aromatic carbocycles. The van der Waals surface area contributed by atoms with Crippen molar-refractivity contribution in [1.82, 2.24) is 15.8 Å². The summed E-state index contributed by atoms with van der Waals surface area (Å²) < 4.78 is 44.1. The second-order valence-corrected chi connectivity index (χ2v) is 8.28. The van der Waals surface area contributed by atoms with Gasteiger partial charge in [0.15, 0.2) is 0 Å². The molecule has 2 aliphatic heterocycles. The van der Waals surface area contributed by atoms with Crippen LogP contribution in [0.3, 0.4) is 0 Å². The van der Waals surface area contributed by atoms with Gasteiger partial charge in [0.05, 0.1) is 12.0 Å². The van der Waals surface area contributed by atoms with Gasteiger partial charge in [-0.3, -0.25) is 9.59 Å². The molecule has 0 aliphatic carbocycles. The van der Waals surface area contributed by atoms with E-state index >= 15 is 0 Å². The minimum atomic E-state index is -4.44. The van der Waals surface area contributed by atoms with E-state index in [0.717, 1.165) is 5.56 Å². The van der Waals surface area contributed by atoms with Crippen LogP contribution in [-0.2, 0) is 20.7 Å². The Balaban J connectivity index is 1.78. The van der Waals surface area contributed by atoms with Gasteiger partial charge in [0.2, 0.25) is 5.91 Å². The van der Waals surface area contributed by atoms with Gasteiger partial charge in [-0.05, 0) is 50.3 Å². The fourth-order valence-electron chi connectivity index (χ4n) is 4.18. The van der Waals surface area contributed by atoms with Crippen LogP contribution >= 0.6 is 11.6 Å². The van der Waals surface area contributed by atoms with Crippen LogP contribution in [0.1, 0.15) is 31.7 Å². The summed E-state index contributed by atoms with van der Waals surface area (Å²) in [4.78, 5) is 27.3. The smallest absolute Gasteiger partial charge is 0.405 e. The number of nitrogens with zero attached hydrogens (tertiary/aromatic N) is 1. The number of ether oxygens (including phenoxy) is 1. The highest BCUT2D eigenvalue weighted by molar-refractivity contribution is 6.30. The standard InChI is InChI=1S/C20H25ClF3N3O3/c1-2-30-18(29)19(11-13-5-3-6-14(21)9-13)7-4-8-27(12-19)17(28)15-10-16(26-25-15)20(22,23)24/h3,5-6,9,15-16,25-26H,2,4,7-8,10-12H2,1H3. The summed E-state index contributed by atoms with van der Waals surface area (Å²) in [7, 11) is 0. The summed E-state index contributed by atoms with van der Waals surface area (Å²) in [6.45, 7) is 2.38. The summed E-state index contributed by atoms with van der Waals surface area (Å²) >= 11 is 6.08. The van der Waals surface area contributed by atoms with Gasteiger partial charge >= 0.3 is 12.1 Å². The first-order chi connectivity index (χ1) is 14.1. The third-order valence-corrected chi connectivity index (χ3v) is 5.86. The van der Waals surface area contributed by atoms with Gasteiger partial charge in [-0.25, -0.2) is 10.9 Å². The second-order valence-electron chi connectivity index (χ2n) is 7.84. The average molecular weight is 448 g/mol. The van der Waals surface area contributed by atoms with Crippen LogP contribution < -0.4 is 10.9 Å². The molecule has 3 rings (SSSR count). The highest BCUT2D eigenvalue weighted by atomic mass is 35.5. The molecular formula is C20H25ClF3N3O3. The average Bonchev–Trinajstić information content (AvgIpc) is 3.18. The van der Waals surface area contributed by atoms with Crippen molar-refractivity contribution in [3.05, 3.63) is 34.9 Å². The van der Waals surface area contributed by atoms with Crippen LogP contribution in [0.4, 0.5) is 13.2 Å². The number of carbonyl (C=O) groups excluding carboxylic acids is 2. The second kappa shape index (κ2) is 9.11. The molecule has 1 aromatic rings. The third-order valence-electron chi connectivity index (χ3n) is 5.62. The molecular weight excluding hydrogens is 423 g/mol. The van der Waals surface area contributed by atoms with E-state index in [-0.39, 0.29) is 19.6 Å². The lowest BCUT2D eigenvalue weighted by atomic mass is 9.75. The maximum atomic E-state index is 12.9. The van der Waals surface area contributed by atoms with Crippen molar-refractivity contribution in [2.75, 3.05) is 19.7 Å². The molecule has 2 heterocycles. The first-order valence-electron chi connectivity index (χ1n) is 9.93. The van der Waals surface area contributed by atoms with Crippen LogP contribution in [0.15, 0.2) is 24.3 Å². The predicted molar refractivity (Wildman–Crippen MR) is 105 cm³/mol. The van der Waals surface area contributed by atoms with E-state index in [1.165, 1.54) is 4.90 Å². The highest BCUT2D eigenvalue weighted by Crippen LogP contribution is 2.36. The molecule has 2 saturated heterocycles. The minimum Gasteiger partial charge on any atom is -0.466 e. The number of hydrogen-bond acceptors (Lipinski definition) is 5. The van der Waals surface area contributed by atoms with Crippen LogP contribution in [-0.4, -0.2) is 54.7 Å². The number of nitrogens with one attached hydrogen (secondary N) is 2. The monoisotopic (exact) mass is 447 g/mol. The molecule has 2 N–H and O–H groups in total. The molecule has 0 radical (unpaired) electrons. The lowest BCUT2D eigenvalue weighted by molar-refractivity contribution is -0.161. The van der Waals surface area contributed by atoms with Gasteiger partial charge in [-0.15, -0.1) is 0 Å². The molecule has 10 heteroatoms. The number of likely N-dealkylation sites (tertiary alicyclic amines) is 1. The molecule has 30 heavy (non-hydrogen) atoms. The Bertz CT molecular complexity index is 792. The van der Waals surface area contributed by atoms with Gasteiger partial charge in [0, 0.05) is 18.1 Å². The number of amides is 1. The van der Waals surface area contributed by atoms with Crippen molar-refractivity contribution in [2.45, 2.75) is 50.9 Å². The number of hydrogen-bond donors (Lipinski definition) is 2. The summed E-state index contributed by atoms with van der Waals surface area (Å²) in [5, 5.41) is 0.537. The number of alkyl halides is 3. The Labute approximate surface area is 178 Å². The van der Waals surface area contributed by atoms with Crippen molar-refractivity contribution >= 4 is 23.5 Å². The Morgan fingerprint density at radius 3 is 2.73 bits per heavy atom. The molecule has 6 nitrogen and oxygen atoms in total. The topological polar surface area (TPSA) is 70.7 Å².